The fourth-order valence-corrected chi connectivity index (χ4v) is 3.37. The van der Waals surface area contributed by atoms with Crippen LogP contribution in [-0.4, -0.2) is 40.2 Å². The summed E-state index contributed by atoms with van der Waals surface area (Å²) in [5.41, 5.74) is 3.69. The highest BCUT2D eigenvalue weighted by Gasteiger charge is 2.36. The lowest BCUT2D eigenvalue weighted by Crippen LogP contribution is -2.47. The highest BCUT2D eigenvalue weighted by molar-refractivity contribution is 6.31. The van der Waals surface area contributed by atoms with Crippen molar-refractivity contribution >= 4 is 11.6 Å². The average Bonchev–Trinajstić information content (AvgIpc) is 2.66. The predicted molar refractivity (Wildman–Crippen MR) is 100.0 cm³/mol. The van der Waals surface area contributed by atoms with Crippen LogP contribution in [0, 0.1) is 12.3 Å². The minimum atomic E-state index is -1.09. The Bertz CT molecular complexity index is 797. The third-order valence-electron chi connectivity index (χ3n) is 4.71. The van der Waals surface area contributed by atoms with Gasteiger partial charge in [0.05, 0.1) is 18.8 Å². The molecule has 2 aromatic rings. The lowest BCUT2D eigenvalue weighted by Gasteiger charge is -2.36. The van der Waals surface area contributed by atoms with Crippen molar-refractivity contribution in [2.75, 3.05) is 6.61 Å². The summed E-state index contributed by atoms with van der Waals surface area (Å²) in [5, 5.41) is 29.9. The van der Waals surface area contributed by atoms with Gasteiger partial charge >= 0.3 is 0 Å². The van der Waals surface area contributed by atoms with Gasteiger partial charge in [-0.3, -0.25) is 0 Å². The molecule has 0 bridgehead atoms. The molecule has 1 saturated heterocycles. The number of benzene rings is 2. The van der Waals surface area contributed by atoms with Gasteiger partial charge in [-0.15, -0.1) is 6.42 Å². The van der Waals surface area contributed by atoms with Crippen LogP contribution in [0.2, 0.25) is 5.02 Å². The van der Waals surface area contributed by atoms with Gasteiger partial charge in [-0.25, -0.2) is 0 Å². The fraction of sp³-hybridized carbons (Fsp3) is 0.333. The maximum atomic E-state index is 10.0. The smallest absolute Gasteiger partial charge is 0.110 e. The van der Waals surface area contributed by atoms with Gasteiger partial charge in [0.25, 0.3) is 0 Å². The normalized spacial score (nSPS) is 25.7. The number of hydrogen-bond donors (Lipinski definition) is 3. The lowest BCUT2D eigenvalue weighted by atomic mass is 9.92. The molecule has 26 heavy (non-hydrogen) atoms. The summed E-state index contributed by atoms with van der Waals surface area (Å²) in [5.74, 6) is 2.59. The molecule has 4 atom stereocenters. The molecule has 1 heterocycles. The van der Waals surface area contributed by atoms with Gasteiger partial charge in [-0.1, -0.05) is 41.8 Å². The zero-order chi connectivity index (χ0) is 18.7. The van der Waals surface area contributed by atoms with Gasteiger partial charge in [0.2, 0.25) is 0 Å². The van der Waals surface area contributed by atoms with Crippen molar-refractivity contribution in [2.45, 2.75) is 37.3 Å². The lowest BCUT2D eigenvalue weighted by molar-refractivity contribution is -0.181. The van der Waals surface area contributed by atoms with Crippen LogP contribution in [0.15, 0.2) is 42.5 Å². The monoisotopic (exact) mass is 372 g/mol. The molecule has 2 aromatic carbocycles. The van der Waals surface area contributed by atoms with Crippen molar-refractivity contribution in [3.8, 4) is 12.3 Å². The Morgan fingerprint density at radius 1 is 1.15 bits per heavy atom. The minimum absolute atomic E-state index is 0.260. The zero-order valence-electron chi connectivity index (χ0n) is 14.2. The van der Waals surface area contributed by atoms with Crippen LogP contribution in [0.3, 0.4) is 0 Å². The zero-order valence-corrected chi connectivity index (χ0v) is 14.9. The second-order valence-electron chi connectivity index (χ2n) is 6.51. The van der Waals surface area contributed by atoms with Gasteiger partial charge in [0.1, 0.15) is 12.2 Å². The van der Waals surface area contributed by atoms with E-state index in [0.717, 1.165) is 22.3 Å². The van der Waals surface area contributed by atoms with E-state index in [0.29, 0.717) is 11.4 Å². The van der Waals surface area contributed by atoms with E-state index in [2.05, 4.69) is 5.92 Å². The van der Waals surface area contributed by atoms with E-state index in [1.807, 2.05) is 36.4 Å². The summed E-state index contributed by atoms with van der Waals surface area (Å²) in [6, 6.07) is 13.3. The topological polar surface area (TPSA) is 69.9 Å². The number of halogens is 1. The van der Waals surface area contributed by atoms with Crippen LogP contribution in [0.5, 0.6) is 0 Å². The summed E-state index contributed by atoms with van der Waals surface area (Å²) in [7, 11) is 0. The van der Waals surface area contributed by atoms with Gasteiger partial charge in [-0.05, 0) is 41.3 Å². The standard InChI is InChI=1S/C21H21ClO4/c1-2-13-3-5-14(6-4-13)9-16-10-15(7-8-17(16)22)19-11-18(24)21(25)20(12-23)26-19/h1,3-8,10,18-21,23-25H,9,11-12H2/t18-,19-,20-,21+/m1/s1. The Labute approximate surface area is 158 Å². The van der Waals surface area contributed by atoms with E-state index in [1.165, 1.54) is 0 Å². The molecule has 1 fully saturated rings. The van der Waals surface area contributed by atoms with Crippen molar-refractivity contribution in [1.29, 1.82) is 0 Å². The van der Waals surface area contributed by atoms with Crippen molar-refractivity contribution in [1.82, 2.24) is 0 Å². The Balaban J connectivity index is 1.82. The number of terminal acetylenes is 1. The molecule has 0 amide bonds. The van der Waals surface area contributed by atoms with E-state index < -0.39 is 24.4 Å². The number of ether oxygens (including phenoxy) is 1. The molecular formula is C21H21ClO4. The highest BCUT2D eigenvalue weighted by Crippen LogP contribution is 2.34. The van der Waals surface area contributed by atoms with Gasteiger partial charge in [0.15, 0.2) is 0 Å². The SMILES string of the molecule is C#Cc1ccc(Cc2cc([C@H]3C[C@@H](O)[C@H](O)[C@@H](CO)O3)ccc2Cl)cc1. The maximum absolute atomic E-state index is 10.0. The molecular weight excluding hydrogens is 352 g/mol. The molecule has 0 unspecified atom stereocenters. The van der Waals surface area contributed by atoms with Crippen molar-refractivity contribution < 1.29 is 20.1 Å². The van der Waals surface area contributed by atoms with E-state index >= 15 is 0 Å². The number of aliphatic hydroxyl groups is 3. The van der Waals surface area contributed by atoms with E-state index in [4.69, 9.17) is 22.8 Å². The van der Waals surface area contributed by atoms with E-state index in [1.54, 1.807) is 6.07 Å². The van der Waals surface area contributed by atoms with Crippen LogP contribution < -0.4 is 0 Å². The highest BCUT2D eigenvalue weighted by atomic mass is 35.5. The van der Waals surface area contributed by atoms with Gasteiger partial charge in [0, 0.05) is 17.0 Å². The Kier molecular flexibility index (Phi) is 5.98. The molecule has 3 N–H and O–H groups in total. The molecule has 4 nitrogen and oxygen atoms in total. The molecule has 1 aliphatic rings. The first-order valence-electron chi connectivity index (χ1n) is 8.48. The summed E-state index contributed by atoms with van der Waals surface area (Å²) in [4.78, 5) is 0. The molecule has 0 saturated carbocycles. The third-order valence-corrected chi connectivity index (χ3v) is 5.08. The van der Waals surface area contributed by atoms with Crippen LogP contribution in [0.25, 0.3) is 0 Å². The molecule has 3 rings (SSSR count). The predicted octanol–water partition coefficient (Wildman–Crippen LogP) is 2.46. The molecule has 5 heteroatoms. The molecule has 0 aromatic heterocycles. The first-order valence-corrected chi connectivity index (χ1v) is 8.86. The van der Waals surface area contributed by atoms with Crippen molar-refractivity contribution in [2.24, 2.45) is 0 Å². The quantitative estimate of drug-likeness (QED) is 0.721. The summed E-state index contributed by atoms with van der Waals surface area (Å²) in [6.45, 7) is -0.350. The van der Waals surface area contributed by atoms with E-state index in [-0.39, 0.29) is 13.0 Å². The Hall–Kier alpha value is -1.87. The second-order valence-corrected chi connectivity index (χ2v) is 6.92. The van der Waals surface area contributed by atoms with Crippen LogP contribution in [0.1, 0.15) is 34.8 Å². The average molecular weight is 373 g/mol. The van der Waals surface area contributed by atoms with Crippen LogP contribution in [0.4, 0.5) is 0 Å². The summed E-state index contributed by atoms with van der Waals surface area (Å²) >= 11 is 6.35. The van der Waals surface area contributed by atoms with Crippen LogP contribution in [-0.2, 0) is 11.2 Å². The molecule has 0 spiro atoms. The van der Waals surface area contributed by atoms with Crippen LogP contribution >= 0.6 is 11.6 Å². The van der Waals surface area contributed by atoms with E-state index in [9.17, 15) is 15.3 Å². The maximum Gasteiger partial charge on any atom is 0.110 e. The number of hydrogen-bond acceptors (Lipinski definition) is 4. The molecule has 0 radical (unpaired) electrons. The van der Waals surface area contributed by atoms with Crippen molar-refractivity contribution in [3.05, 3.63) is 69.7 Å². The molecule has 1 aliphatic heterocycles. The Morgan fingerprint density at radius 3 is 2.54 bits per heavy atom. The summed E-state index contributed by atoms with van der Waals surface area (Å²) in [6.07, 6.45) is 3.03. The largest absolute Gasteiger partial charge is 0.394 e. The second kappa shape index (κ2) is 8.22. The summed E-state index contributed by atoms with van der Waals surface area (Å²) < 4.78 is 5.75. The number of rotatable bonds is 4. The molecule has 136 valence electrons. The van der Waals surface area contributed by atoms with Crippen molar-refractivity contribution in [3.63, 3.8) is 0 Å². The first kappa shape index (κ1) is 18.9. The Morgan fingerprint density at radius 2 is 1.88 bits per heavy atom. The fourth-order valence-electron chi connectivity index (χ4n) is 3.19. The third kappa shape index (κ3) is 4.09. The molecule has 0 aliphatic carbocycles. The van der Waals surface area contributed by atoms with Gasteiger partial charge in [-0.2, -0.15) is 0 Å². The number of aliphatic hydroxyl groups excluding tert-OH is 3. The minimum Gasteiger partial charge on any atom is -0.394 e. The first-order chi connectivity index (χ1) is 12.5. The van der Waals surface area contributed by atoms with Gasteiger partial charge < -0.3 is 20.1 Å².